The maximum atomic E-state index is 12.7. The molecule has 0 bridgehead atoms. The largest absolute Gasteiger partial charge is 0.416 e. The van der Waals surface area contributed by atoms with Crippen molar-refractivity contribution in [1.82, 2.24) is 0 Å². The van der Waals surface area contributed by atoms with Gasteiger partial charge in [0.05, 0.1) is 5.56 Å². The normalized spacial score (nSPS) is 31.0. The van der Waals surface area contributed by atoms with Crippen molar-refractivity contribution in [3.63, 3.8) is 0 Å². The second kappa shape index (κ2) is 8.14. The van der Waals surface area contributed by atoms with Gasteiger partial charge in [-0.3, -0.25) is 0 Å². The first-order chi connectivity index (χ1) is 12.0. The van der Waals surface area contributed by atoms with Crippen LogP contribution in [0, 0.1) is 17.8 Å². The fourth-order valence-electron chi connectivity index (χ4n) is 5.22. The Kier molecular flexibility index (Phi) is 6.12. The molecule has 0 heterocycles. The predicted octanol–water partition coefficient (Wildman–Crippen LogP) is 7.59. The van der Waals surface area contributed by atoms with E-state index in [1.165, 1.54) is 63.5 Å². The van der Waals surface area contributed by atoms with E-state index >= 15 is 0 Å². The van der Waals surface area contributed by atoms with Gasteiger partial charge in [0.1, 0.15) is 0 Å². The fraction of sp³-hybridized carbons (Fsp3) is 0.727. The molecule has 140 valence electrons. The topological polar surface area (TPSA) is 0 Å². The Bertz CT molecular complexity index is 515. The van der Waals surface area contributed by atoms with Crippen LogP contribution in [0.5, 0.6) is 0 Å². The van der Waals surface area contributed by atoms with E-state index in [0.717, 1.165) is 36.2 Å². The number of rotatable bonds is 4. The summed E-state index contributed by atoms with van der Waals surface area (Å²) in [6, 6.07) is 5.89. The van der Waals surface area contributed by atoms with Crippen molar-refractivity contribution in [3.05, 3.63) is 35.4 Å². The van der Waals surface area contributed by atoms with Crippen LogP contribution >= 0.6 is 0 Å². The van der Waals surface area contributed by atoms with E-state index in [4.69, 9.17) is 0 Å². The lowest BCUT2D eigenvalue weighted by molar-refractivity contribution is -0.137. The minimum absolute atomic E-state index is 0.454. The lowest BCUT2D eigenvalue weighted by Crippen LogP contribution is -2.25. The van der Waals surface area contributed by atoms with Crippen LogP contribution in [0.1, 0.15) is 88.2 Å². The molecule has 0 aromatic heterocycles. The maximum Gasteiger partial charge on any atom is 0.416 e. The van der Waals surface area contributed by atoms with Crippen LogP contribution in [0.3, 0.4) is 0 Å². The summed E-state index contributed by atoms with van der Waals surface area (Å²) in [5, 5.41) is 0. The lowest BCUT2D eigenvalue weighted by Gasteiger charge is -2.38. The van der Waals surface area contributed by atoms with Crippen LogP contribution in [-0.4, -0.2) is 0 Å². The average Bonchev–Trinajstić information content (AvgIpc) is 2.62. The molecule has 0 spiro atoms. The molecule has 2 fully saturated rings. The van der Waals surface area contributed by atoms with Crippen molar-refractivity contribution in [2.24, 2.45) is 17.8 Å². The third kappa shape index (κ3) is 4.80. The Hall–Kier alpha value is -0.990. The van der Waals surface area contributed by atoms with E-state index in [9.17, 15) is 13.2 Å². The zero-order valence-electron chi connectivity index (χ0n) is 15.3. The molecule has 1 aromatic carbocycles. The van der Waals surface area contributed by atoms with Gasteiger partial charge in [-0.1, -0.05) is 44.7 Å². The number of halogens is 3. The monoisotopic (exact) mass is 352 g/mol. The van der Waals surface area contributed by atoms with Crippen molar-refractivity contribution in [1.29, 1.82) is 0 Å². The van der Waals surface area contributed by atoms with Gasteiger partial charge in [0.15, 0.2) is 0 Å². The van der Waals surface area contributed by atoms with Gasteiger partial charge in [-0.15, -0.1) is 0 Å². The van der Waals surface area contributed by atoms with E-state index in [2.05, 4.69) is 6.92 Å². The van der Waals surface area contributed by atoms with E-state index in [1.807, 2.05) is 0 Å². The van der Waals surface area contributed by atoms with Gasteiger partial charge in [-0.2, -0.15) is 13.2 Å². The molecule has 0 radical (unpaired) electrons. The first-order valence-corrected chi connectivity index (χ1v) is 10.1. The van der Waals surface area contributed by atoms with Crippen molar-refractivity contribution in [2.75, 3.05) is 0 Å². The Morgan fingerprint density at radius 1 is 0.800 bits per heavy atom. The summed E-state index contributed by atoms with van der Waals surface area (Å²) in [5.74, 6) is 3.18. The molecule has 1 aromatic rings. The molecule has 3 heteroatoms. The summed E-state index contributed by atoms with van der Waals surface area (Å²) in [6.45, 7) is 2.29. The number of hydrogen-bond acceptors (Lipinski definition) is 0. The van der Waals surface area contributed by atoms with E-state index in [1.54, 1.807) is 12.1 Å². The van der Waals surface area contributed by atoms with Gasteiger partial charge in [-0.25, -0.2) is 0 Å². The maximum absolute atomic E-state index is 12.7. The zero-order chi connectivity index (χ0) is 17.9. The van der Waals surface area contributed by atoms with Crippen LogP contribution in [0.15, 0.2) is 24.3 Å². The molecule has 25 heavy (non-hydrogen) atoms. The van der Waals surface area contributed by atoms with Gasteiger partial charge >= 0.3 is 6.18 Å². The molecule has 0 atom stereocenters. The first-order valence-electron chi connectivity index (χ1n) is 10.1. The fourth-order valence-corrected chi connectivity index (χ4v) is 5.22. The van der Waals surface area contributed by atoms with Gasteiger partial charge in [0, 0.05) is 0 Å². The van der Waals surface area contributed by atoms with Crippen molar-refractivity contribution >= 4 is 0 Å². The molecule has 2 aliphatic rings. The summed E-state index contributed by atoms with van der Waals surface area (Å²) >= 11 is 0. The summed E-state index contributed by atoms with van der Waals surface area (Å²) in [6.07, 6.45) is 8.92. The molecular formula is C22H31F3. The van der Waals surface area contributed by atoms with Gasteiger partial charge in [-0.05, 0) is 79.9 Å². The highest BCUT2D eigenvalue weighted by molar-refractivity contribution is 5.27. The summed E-state index contributed by atoms with van der Waals surface area (Å²) in [7, 11) is 0. The van der Waals surface area contributed by atoms with Crippen molar-refractivity contribution < 1.29 is 13.2 Å². The van der Waals surface area contributed by atoms with E-state index in [-0.39, 0.29) is 0 Å². The predicted molar refractivity (Wildman–Crippen MR) is 96.5 cm³/mol. The molecule has 0 amide bonds. The van der Waals surface area contributed by atoms with Crippen LogP contribution in [0.25, 0.3) is 0 Å². The van der Waals surface area contributed by atoms with E-state index < -0.39 is 11.7 Å². The molecule has 2 aliphatic carbocycles. The SMILES string of the molecule is CCC[C@H]1CC[C@H]([C@H]2CC[C@H](c3ccc(C(F)(F)F)cc3)CC2)CC1. The Morgan fingerprint density at radius 3 is 1.80 bits per heavy atom. The average molecular weight is 352 g/mol. The molecule has 0 saturated heterocycles. The highest BCUT2D eigenvalue weighted by Crippen LogP contribution is 2.44. The number of benzene rings is 1. The Morgan fingerprint density at radius 2 is 1.32 bits per heavy atom. The molecule has 0 nitrogen and oxygen atoms in total. The van der Waals surface area contributed by atoms with Gasteiger partial charge in [0.2, 0.25) is 0 Å². The Balaban J connectivity index is 1.49. The highest BCUT2D eigenvalue weighted by atomic mass is 19.4. The van der Waals surface area contributed by atoms with Crippen LogP contribution in [0.4, 0.5) is 13.2 Å². The molecule has 0 aliphatic heterocycles. The summed E-state index contributed by atoms with van der Waals surface area (Å²) in [5.41, 5.74) is 0.562. The van der Waals surface area contributed by atoms with Crippen molar-refractivity contribution in [2.45, 2.75) is 83.2 Å². The summed E-state index contributed by atoms with van der Waals surface area (Å²) in [4.78, 5) is 0. The quantitative estimate of drug-likeness (QED) is 0.524. The zero-order valence-corrected chi connectivity index (χ0v) is 15.3. The van der Waals surface area contributed by atoms with Crippen LogP contribution in [0.2, 0.25) is 0 Å². The first kappa shape index (κ1) is 18.8. The third-order valence-electron chi connectivity index (χ3n) is 6.74. The van der Waals surface area contributed by atoms with Crippen molar-refractivity contribution in [3.8, 4) is 0 Å². The third-order valence-corrected chi connectivity index (χ3v) is 6.74. The van der Waals surface area contributed by atoms with E-state index in [0.29, 0.717) is 5.92 Å². The van der Waals surface area contributed by atoms with Gasteiger partial charge in [0.25, 0.3) is 0 Å². The molecule has 2 saturated carbocycles. The summed E-state index contributed by atoms with van der Waals surface area (Å²) < 4.78 is 38.1. The number of alkyl halides is 3. The number of hydrogen-bond donors (Lipinski definition) is 0. The molecule has 0 unspecified atom stereocenters. The highest BCUT2D eigenvalue weighted by Gasteiger charge is 2.32. The smallest absolute Gasteiger partial charge is 0.166 e. The minimum atomic E-state index is -4.23. The molecular weight excluding hydrogens is 321 g/mol. The second-order valence-electron chi connectivity index (χ2n) is 8.30. The minimum Gasteiger partial charge on any atom is -0.166 e. The molecule has 0 N–H and O–H groups in total. The van der Waals surface area contributed by atoms with Gasteiger partial charge < -0.3 is 0 Å². The second-order valence-corrected chi connectivity index (χ2v) is 8.30. The van der Waals surface area contributed by atoms with Crippen LogP contribution < -0.4 is 0 Å². The van der Waals surface area contributed by atoms with Crippen LogP contribution in [-0.2, 0) is 6.18 Å². The lowest BCUT2D eigenvalue weighted by atomic mass is 9.68. The standard InChI is InChI=1S/C22H31F3/c1-2-3-16-4-6-17(7-5-16)18-8-10-19(11-9-18)20-12-14-21(15-13-20)22(23,24)25/h12-19H,2-11H2,1H3/t16-,17-,18-,19-. The Labute approximate surface area is 150 Å². The molecule has 3 rings (SSSR count).